The van der Waals surface area contributed by atoms with E-state index in [4.69, 9.17) is 14.9 Å². The highest BCUT2D eigenvalue weighted by Crippen LogP contribution is 2.27. The molecule has 0 saturated carbocycles. The second-order valence-corrected chi connectivity index (χ2v) is 3.92. The van der Waals surface area contributed by atoms with E-state index in [-0.39, 0.29) is 32.2 Å². The maximum atomic E-state index is 12.0. The van der Waals surface area contributed by atoms with Crippen LogP contribution in [0.1, 0.15) is 19.8 Å². The molecule has 88 valence electrons. The van der Waals surface area contributed by atoms with Crippen LogP contribution in [0, 0.1) is 0 Å². The Bertz CT molecular complexity index is 207. The number of hydrogen-bond donors (Lipinski definition) is 2. The topological polar surface area (TPSA) is 70.0 Å². The first-order chi connectivity index (χ1) is 7.14. The van der Waals surface area contributed by atoms with E-state index in [2.05, 4.69) is 0 Å². The van der Waals surface area contributed by atoms with Crippen LogP contribution >= 0.6 is 0 Å². The van der Waals surface area contributed by atoms with Gasteiger partial charge in [-0.05, 0) is 19.8 Å². The van der Waals surface area contributed by atoms with Gasteiger partial charge in [0, 0.05) is 19.7 Å². The van der Waals surface area contributed by atoms with Crippen molar-refractivity contribution in [1.29, 1.82) is 0 Å². The van der Waals surface area contributed by atoms with Crippen LogP contribution in [-0.2, 0) is 9.53 Å². The van der Waals surface area contributed by atoms with Gasteiger partial charge in [0.15, 0.2) is 0 Å². The number of rotatable bonds is 5. The molecule has 0 bridgehead atoms. The summed E-state index contributed by atoms with van der Waals surface area (Å²) < 4.78 is 5.42. The van der Waals surface area contributed by atoms with Crippen LogP contribution in [0.25, 0.3) is 0 Å². The van der Waals surface area contributed by atoms with Crippen LogP contribution in [0.5, 0.6) is 0 Å². The van der Waals surface area contributed by atoms with Crippen molar-refractivity contribution in [3.63, 3.8) is 0 Å². The molecule has 0 aromatic heterocycles. The molecule has 1 aliphatic rings. The summed E-state index contributed by atoms with van der Waals surface area (Å²) in [6, 6.07) is 0. The third-order valence-corrected chi connectivity index (χ3v) is 2.70. The molecule has 15 heavy (non-hydrogen) atoms. The van der Waals surface area contributed by atoms with Gasteiger partial charge in [-0.25, -0.2) is 0 Å². The first-order valence-corrected chi connectivity index (χ1v) is 5.29. The second-order valence-electron chi connectivity index (χ2n) is 3.92. The number of nitrogens with zero attached hydrogens (tertiary/aromatic N) is 1. The fourth-order valence-electron chi connectivity index (χ4n) is 1.84. The lowest BCUT2D eigenvalue weighted by Gasteiger charge is -2.30. The molecule has 1 amide bonds. The van der Waals surface area contributed by atoms with Crippen LogP contribution in [0.2, 0.25) is 0 Å². The fourth-order valence-corrected chi connectivity index (χ4v) is 1.84. The first kappa shape index (κ1) is 12.4. The van der Waals surface area contributed by atoms with Gasteiger partial charge in [0.05, 0.1) is 13.2 Å². The predicted molar refractivity (Wildman–Crippen MR) is 54.3 cm³/mol. The average Bonchev–Trinajstić information content (AvgIpc) is 2.65. The largest absolute Gasteiger partial charge is 0.395 e. The molecule has 5 heteroatoms. The highest BCUT2D eigenvalue weighted by molar-refractivity contribution is 5.85. The van der Waals surface area contributed by atoms with Crippen molar-refractivity contribution in [3.8, 4) is 0 Å². The lowest BCUT2D eigenvalue weighted by atomic mass is 10.0. The molecule has 2 N–H and O–H groups in total. The Balaban J connectivity index is 2.61. The van der Waals surface area contributed by atoms with Crippen LogP contribution < -0.4 is 0 Å². The number of amides is 1. The molecule has 1 heterocycles. The smallest absolute Gasteiger partial charge is 0.254 e. The summed E-state index contributed by atoms with van der Waals surface area (Å²) in [5.74, 6) is -0.136. The van der Waals surface area contributed by atoms with Crippen molar-refractivity contribution in [2.75, 3.05) is 32.9 Å². The molecule has 1 aliphatic heterocycles. The van der Waals surface area contributed by atoms with E-state index in [0.29, 0.717) is 13.0 Å². The fraction of sp³-hybridized carbons (Fsp3) is 0.900. The quantitative estimate of drug-likeness (QED) is 0.643. The summed E-state index contributed by atoms with van der Waals surface area (Å²) in [6.45, 7) is 2.68. The standard InChI is InChI=1S/C10H19NO4/c1-10(3-2-8-15-10)9(14)11(4-6-12)5-7-13/h12-13H,2-8H2,1H3. The zero-order valence-electron chi connectivity index (χ0n) is 9.11. The summed E-state index contributed by atoms with van der Waals surface area (Å²) in [5, 5.41) is 17.6. The average molecular weight is 217 g/mol. The number of carbonyl (C=O) groups excluding carboxylic acids is 1. The molecule has 1 atom stereocenters. The van der Waals surface area contributed by atoms with E-state index in [1.165, 1.54) is 4.90 Å². The summed E-state index contributed by atoms with van der Waals surface area (Å²) in [6.07, 6.45) is 1.59. The Morgan fingerprint density at radius 3 is 2.40 bits per heavy atom. The Morgan fingerprint density at radius 2 is 2.00 bits per heavy atom. The van der Waals surface area contributed by atoms with Gasteiger partial charge in [0.25, 0.3) is 5.91 Å². The minimum atomic E-state index is -0.760. The molecule has 0 aromatic rings. The van der Waals surface area contributed by atoms with Gasteiger partial charge in [-0.15, -0.1) is 0 Å². The monoisotopic (exact) mass is 217 g/mol. The number of hydrogen-bond acceptors (Lipinski definition) is 4. The maximum Gasteiger partial charge on any atom is 0.254 e. The number of ether oxygens (including phenoxy) is 1. The summed E-state index contributed by atoms with van der Waals surface area (Å²) >= 11 is 0. The molecular weight excluding hydrogens is 198 g/mol. The number of carbonyl (C=O) groups is 1. The molecule has 1 unspecified atom stereocenters. The van der Waals surface area contributed by atoms with Crippen molar-refractivity contribution in [2.24, 2.45) is 0 Å². The highest BCUT2D eigenvalue weighted by atomic mass is 16.5. The molecule has 1 fully saturated rings. The van der Waals surface area contributed by atoms with Crippen molar-refractivity contribution in [3.05, 3.63) is 0 Å². The van der Waals surface area contributed by atoms with Gasteiger partial charge in [-0.2, -0.15) is 0 Å². The summed E-state index contributed by atoms with van der Waals surface area (Å²) in [7, 11) is 0. The van der Waals surface area contributed by atoms with E-state index >= 15 is 0 Å². The first-order valence-electron chi connectivity index (χ1n) is 5.29. The molecule has 1 rings (SSSR count). The lowest BCUT2D eigenvalue weighted by molar-refractivity contribution is -0.152. The van der Waals surface area contributed by atoms with E-state index in [0.717, 1.165) is 6.42 Å². The third-order valence-electron chi connectivity index (χ3n) is 2.70. The van der Waals surface area contributed by atoms with Crippen molar-refractivity contribution < 1.29 is 19.7 Å². The van der Waals surface area contributed by atoms with Gasteiger partial charge < -0.3 is 19.8 Å². The van der Waals surface area contributed by atoms with E-state index < -0.39 is 5.60 Å². The van der Waals surface area contributed by atoms with Crippen LogP contribution in [0.3, 0.4) is 0 Å². The highest BCUT2D eigenvalue weighted by Gasteiger charge is 2.40. The van der Waals surface area contributed by atoms with Crippen LogP contribution in [0.4, 0.5) is 0 Å². The van der Waals surface area contributed by atoms with Crippen molar-refractivity contribution in [2.45, 2.75) is 25.4 Å². The maximum absolute atomic E-state index is 12.0. The predicted octanol–water partition coefficient (Wildman–Crippen LogP) is -0.631. The molecule has 1 saturated heterocycles. The SMILES string of the molecule is CC1(C(=O)N(CCO)CCO)CCCO1. The Labute approximate surface area is 89.6 Å². The molecular formula is C10H19NO4. The third kappa shape index (κ3) is 2.90. The van der Waals surface area contributed by atoms with Crippen molar-refractivity contribution in [1.82, 2.24) is 4.90 Å². The minimum absolute atomic E-state index is 0.0954. The molecule has 0 spiro atoms. The zero-order chi connectivity index (χ0) is 11.3. The Hall–Kier alpha value is -0.650. The van der Waals surface area contributed by atoms with E-state index in [9.17, 15) is 4.79 Å². The van der Waals surface area contributed by atoms with E-state index in [1.54, 1.807) is 6.92 Å². The number of aliphatic hydroxyl groups excluding tert-OH is 2. The van der Waals surface area contributed by atoms with Gasteiger partial charge in [-0.3, -0.25) is 4.79 Å². The van der Waals surface area contributed by atoms with E-state index in [1.807, 2.05) is 0 Å². The normalized spacial score (nSPS) is 25.5. The van der Waals surface area contributed by atoms with Gasteiger partial charge in [0.1, 0.15) is 5.60 Å². The molecule has 0 aromatic carbocycles. The van der Waals surface area contributed by atoms with Gasteiger partial charge in [-0.1, -0.05) is 0 Å². The molecule has 0 aliphatic carbocycles. The molecule has 0 radical (unpaired) electrons. The number of aliphatic hydroxyl groups is 2. The zero-order valence-corrected chi connectivity index (χ0v) is 9.11. The lowest BCUT2D eigenvalue weighted by Crippen LogP contribution is -2.48. The van der Waals surface area contributed by atoms with Crippen molar-refractivity contribution >= 4 is 5.91 Å². The summed E-state index contributed by atoms with van der Waals surface area (Å²) in [4.78, 5) is 13.5. The Kier molecular flexibility index (Phi) is 4.50. The van der Waals surface area contributed by atoms with Crippen LogP contribution in [0.15, 0.2) is 0 Å². The molecule has 5 nitrogen and oxygen atoms in total. The van der Waals surface area contributed by atoms with Gasteiger partial charge >= 0.3 is 0 Å². The van der Waals surface area contributed by atoms with Crippen LogP contribution in [-0.4, -0.2) is 59.5 Å². The minimum Gasteiger partial charge on any atom is -0.395 e. The van der Waals surface area contributed by atoms with Gasteiger partial charge in [0.2, 0.25) is 0 Å². The second kappa shape index (κ2) is 5.44. The Morgan fingerprint density at radius 1 is 1.40 bits per heavy atom. The summed E-state index contributed by atoms with van der Waals surface area (Å²) in [5.41, 5.74) is -0.760.